The Bertz CT molecular complexity index is 786. The van der Waals surface area contributed by atoms with Crippen LogP contribution >= 0.6 is 0 Å². The van der Waals surface area contributed by atoms with Gasteiger partial charge < -0.3 is 30.0 Å². The zero-order valence-corrected chi connectivity index (χ0v) is 14.4. The molecule has 0 atom stereocenters. The number of rotatable bonds is 7. The monoisotopic (exact) mass is 362 g/mol. The number of carbonyl (C=O) groups excluding carboxylic acids is 2. The molecule has 2 aromatic rings. The fourth-order valence-corrected chi connectivity index (χ4v) is 2.06. The van der Waals surface area contributed by atoms with E-state index in [1.165, 1.54) is 33.7 Å². The van der Waals surface area contributed by atoms with Crippen LogP contribution in [0.15, 0.2) is 24.5 Å². The Balaban J connectivity index is 2.04. The van der Waals surface area contributed by atoms with E-state index in [1.807, 2.05) is 0 Å². The minimum atomic E-state index is -0.851. The lowest BCUT2D eigenvalue weighted by molar-refractivity contribution is -0.119. The first-order valence-corrected chi connectivity index (χ1v) is 7.33. The van der Waals surface area contributed by atoms with E-state index in [0.29, 0.717) is 22.9 Å². The minimum Gasteiger partial charge on any atom is -0.493 e. The molecule has 10 nitrogen and oxygen atoms in total. The van der Waals surface area contributed by atoms with Crippen molar-refractivity contribution in [1.82, 2.24) is 9.97 Å². The number of anilines is 2. The van der Waals surface area contributed by atoms with Gasteiger partial charge in [0.1, 0.15) is 0 Å². The summed E-state index contributed by atoms with van der Waals surface area (Å²) >= 11 is 0. The summed E-state index contributed by atoms with van der Waals surface area (Å²) in [4.78, 5) is 31.4. The zero-order chi connectivity index (χ0) is 19.1. The first kappa shape index (κ1) is 18.8. The largest absolute Gasteiger partial charge is 0.493 e. The summed E-state index contributed by atoms with van der Waals surface area (Å²) in [5.41, 5.74) is 5.74. The predicted molar refractivity (Wildman–Crippen MR) is 91.5 cm³/mol. The second-order valence-corrected chi connectivity index (χ2v) is 4.83. The molecule has 0 aliphatic heterocycles. The number of nitrogens with one attached hydrogen (secondary N) is 1. The molecule has 0 bridgehead atoms. The molecule has 1 aromatic heterocycles. The van der Waals surface area contributed by atoms with Crippen LogP contribution in [0.25, 0.3) is 0 Å². The lowest BCUT2D eigenvalue weighted by atomic mass is 10.2. The van der Waals surface area contributed by atoms with Gasteiger partial charge in [-0.3, -0.25) is 4.79 Å². The highest BCUT2D eigenvalue weighted by Crippen LogP contribution is 2.39. The molecule has 0 saturated carbocycles. The lowest BCUT2D eigenvalue weighted by Gasteiger charge is -2.14. The third-order valence-electron chi connectivity index (χ3n) is 3.20. The van der Waals surface area contributed by atoms with Crippen molar-refractivity contribution in [3.05, 3.63) is 30.2 Å². The van der Waals surface area contributed by atoms with Gasteiger partial charge in [0.05, 0.1) is 21.3 Å². The summed E-state index contributed by atoms with van der Waals surface area (Å²) in [5.74, 6) is -0.385. The van der Waals surface area contributed by atoms with Crippen molar-refractivity contribution in [2.45, 2.75) is 0 Å². The van der Waals surface area contributed by atoms with Gasteiger partial charge in [0.2, 0.25) is 5.75 Å². The Morgan fingerprint density at radius 1 is 1.04 bits per heavy atom. The third-order valence-corrected chi connectivity index (χ3v) is 3.20. The summed E-state index contributed by atoms with van der Waals surface area (Å²) in [6.07, 6.45) is 2.63. The number of methoxy groups -OCH3 is 3. The van der Waals surface area contributed by atoms with Crippen LogP contribution < -0.4 is 25.3 Å². The van der Waals surface area contributed by atoms with Crippen LogP contribution in [0.1, 0.15) is 10.5 Å². The summed E-state index contributed by atoms with van der Waals surface area (Å²) in [6, 6.07) is 3.09. The summed E-state index contributed by atoms with van der Waals surface area (Å²) < 4.78 is 20.5. The van der Waals surface area contributed by atoms with Crippen molar-refractivity contribution >= 4 is 23.4 Å². The fourth-order valence-electron chi connectivity index (χ4n) is 2.06. The number of aromatic nitrogens is 2. The molecule has 0 aliphatic rings. The average molecular weight is 362 g/mol. The van der Waals surface area contributed by atoms with Gasteiger partial charge in [-0.1, -0.05) is 0 Å². The van der Waals surface area contributed by atoms with Crippen LogP contribution in [0.4, 0.5) is 11.5 Å². The average Bonchev–Trinajstić information content (AvgIpc) is 2.65. The van der Waals surface area contributed by atoms with Crippen LogP contribution in [-0.4, -0.2) is 49.8 Å². The molecule has 0 unspecified atom stereocenters. The quantitative estimate of drug-likeness (QED) is 0.688. The molecule has 1 aromatic carbocycles. The number of amides is 1. The van der Waals surface area contributed by atoms with Gasteiger partial charge in [-0.05, 0) is 0 Å². The number of nitrogens with two attached hydrogens (primary N) is 1. The molecular formula is C16H18N4O6. The van der Waals surface area contributed by atoms with E-state index in [4.69, 9.17) is 24.7 Å². The molecule has 1 amide bonds. The number of hydrogen-bond acceptors (Lipinski definition) is 9. The van der Waals surface area contributed by atoms with E-state index in [0.717, 1.165) is 0 Å². The molecule has 1 heterocycles. The molecule has 10 heteroatoms. The number of carbonyl (C=O) groups is 2. The summed E-state index contributed by atoms with van der Waals surface area (Å²) in [7, 11) is 4.38. The molecule has 0 radical (unpaired) electrons. The number of ether oxygens (including phenoxy) is 4. The number of esters is 1. The number of hydrogen-bond donors (Lipinski definition) is 2. The van der Waals surface area contributed by atoms with Crippen molar-refractivity contribution < 1.29 is 28.5 Å². The van der Waals surface area contributed by atoms with E-state index < -0.39 is 18.5 Å². The Morgan fingerprint density at radius 2 is 1.65 bits per heavy atom. The van der Waals surface area contributed by atoms with Gasteiger partial charge in [-0.2, -0.15) is 0 Å². The minimum absolute atomic E-state index is 0.0810. The fraction of sp³-hybridized carbons (Fsp3) is 0.250. The van der Waals surface area contributed by atoms with Crippen LogP contribution in [0.3, 0.4) is 0 Å². The van der Waals surface area contributed by atoms with Gasteiger partial charge in [-0.25, -0.2) is 14.8 Å². The Hall–Kier alpha value is -3.56. The zero-order valence-electron chi connectivity index (χ0n) is 14.4. The van der Waals surface area contributed by atoms with Gasteiger partial charge in [0.25, 0.3) is 5.91 Å². The van der Waals surface area contributed by atoms with Crippen molar-refractivity contribution in [1.29, 1.82) is 0 Å². The topological polar surface area (TPSA) is 135 Å². The first-order chi connectivity index (χ1) is 12.5. The van der Waals surface area contributed by atoms with Gasteiger partial charge in [0.15, 0.2) is 29.6 Å². The number of benzene rings is 1. The maximum Gasteiger partial charge on any atom is 0.361 e. The molecule has 0 fully saturated rings. The molecule has 138 valence electrons. The summed E-state index contributed by atoms with van der Waals surface area (Å²) in [5, 5.41) is 2.57. The second-order valence-electron chi connectivity index (χ2n) is 4.83. The Kier molecular flexibility index (Phi) is 6.15. The maximum atomic E-state index is 12.0. The van der Waals surface area contributed by atoms with E-state index in [-0.39, 0.29) is 11.5 Å². The van der Waals surface area contributed by atoms with Gasteiger partial charge >= 0.3 is 5.97 Å². The molecular weight excluding hydrogens is 344 g/mol. The van der Waals surface area contributed by atoms with Crippen LogP contribution in [0, 0.1) is 0 Å². The van der Waals surface area contributed by atoms with Crippen molar-refractivity contribution in [3.8, 4) is 17.2 Å². The predicted octanol–water partition coefficient (Wildman–Crippen LogP) is 0.880. The van der Waals surface area contributed by atoms with E-state index in [1.54, 1.807) is 12.1 Å². The maximum absolute atomic E-state index is 12.0. The molecule has 3 N–H and O–H groups in total. The van der Waals surface area contributed by atoms with Crippen molar-refractivity contribution in [2.75, 3.05) is 39.0 Å². The van der Waals surface area contributed by atoms with Crippen molar-refractivity contribution in [2.24, 2.45) is 0 Å². The molecule has 26 heavy (non-hydrogen) atoms. The van der Waals surface area contributed by atoms with Crippen LogP contribution in [0.2, 0.25) is 0 Å². The highest BCUT2D eigenvalue weighted by atomic mass is 16.5. The molecule has 0 saturated heterocycles. The van der Waals surface area contributed by atoms with E-state index >= 15 is 0 Å². The number of nitrogen functional groups attached to an aromatic ring is 1. The second kappa shape index (κ2) is 8.51. The highest BCUT2D eigenvalue weighted by Gasteiger charge is 2.17. The van der Waals surface area contributed by atoms with Crippen LogP contribution in [0.5, 0.6) is 17.2 Å². The third kappa shape index (κ3) is 4.29. The molecule has 0 aliphatic carbocycles. The molecule has 0 spiro atoms. The van der Waals surface area contributed by atoms with Gasteiger partial charge in [0, 0.05) is 30.2 Å². The smallest absolute Gasteiger partial charge is 0.361 e. The normalized spacial score (nSPS) is 9.96. The van der Waals surface area contributed by atoms with Gasteiger partial charge in [-0.15, -0.1) is 0 Å². The first-order valence-electron chi connectivity index (χ1n) is 7.33. The number of nitrogens with zero attached hydrogens (tertiary/aromatic N) is 2. The van der Waals surface area contributed by atoms with Crippen LogP contribution in [-0.2, 0) is 9.53 Å². The highest BCUT2D eigenvalue weighted by molar-refractivity contribution is 5.96. The SMILES string of the molecule is COc1cc(NC(=O)COC(=O)c2nccnc2N)cc(OC)c1OC. The lowest BCUT2D eigenvalue weighted by Crippen LogP contribution is -2.22. The van der Waals surface area contributed by atoms with Crippen molar-refractivity contribution in [3.63, 3.8) is 0 Å². The molecule has 2 rings (SSSR count). The Labute approximate surface area is 149 Å². The summed E-state index contributed by atoms with van der Waals surface area (Å²) in [6.45, 7) is -0.536. The van der Waals surface area contributed by atoms with E-state index in [2.05, 4.69) is 15.3 Å². The Morgan fingerprint density at radius 3 is 2.19 bits per heavy atom. The van der Waals surface area contributed by atoms with E-state index in [9.17, 15) is 9.59 Å². The standard InChI is InChI=1S/C16H18N4O6/c1-23-10-6-9(7-11(24-2)14(10)25-3)20-12(21)8-26-16(22)13-15(17)19-5-4-18-13/h4-7H,8H2,1-3H3,(H2,17,19)(H,20,21).